The lowest BCUT2D eigenvalue weighted by Crippen LogP contribution is -2.65. The third-order valence-corrected chi connectivity index (χ3v) is 23.2. The number of ether oxygens (including phenoxy) is 13. The molecule has 2 aliphatic heterocycles. The van der Waals surface area contributed by atoms with E-state index in [2.05, 4.69) is 19.9 Å². The van der Waals surface area contributed by atoms with Crippen molar-refractivity contribution in [1.29, 1.82) is 0 Å². The summed E-state index contributed by atoms with van der Waals surface area (Å²) in [4.78, 5) is 117. The molecule has 3 saturated carbocycles. The lowest BCUT2D eigenvalue weighted by molar-refractivity contribution is -0.333. The van der Waals surface area contributed by atoms with Gasteiger partial charge in [-0.15, -0.1) is 0 Å². The van der Waals surface area contributed by atoms with E-state index in [4.69, 9.17) is 61.6 Å². The molecule has 0 unspecified atom stereocenters. The summed E-state index contributed by atoms with van der Waals surface area (Å²) in [5.74, 6) is -4.46. The van der Waals surface area contributed by atoms with Crippen LogP contribution in [0.25, 0.3) is 0 Å². The van der Waals surface area contributed by atoms with Crippen molar-refractivity contribution in [3.8, 4) is 11.5 Å². The van der Waals surface area contributed by atoms with Crippen LogP contribution in [0.15, 0.2) is 242 Å². The van der Waals surface area contributed by atoms with Crippen LogP contribution in [0.4, 0.5) is 0 Å². The summed E-state index contributed by atoms with van der Waals surface area (Å²) in [5, 5.41) is 0. The third kappa shape index (κ3) is 16.5. The van der Waals surface area contributed by atoms with E-state index in [9.17, 15) is 33.6 Å². The van der Waals surface area contributed by atoms with Crippen LogP contribution >= 0.6 is 0 Å². The first-order valence-corrected chi connectivity index (χ1v) is 37.7. The van der Waals surface area contributed by atoms with Gasteiger partial charge in [-0.25, -0.2) is 33.6 Å². The molecule has 2 heterocycles. The van der Waals surface area contributed by atoms with Crippen molar-refractivity contribution in [1.82, 2.24) is 0 Å². The number of carbonyl (C=O) groups is 8. The normalized spacial score (nSPS) is 28.5. The monoisotopic (exact) mass is 1500 g/mol. The molecule has 8 aromatic carbocycles. The topological polar surface area (TPSA) is 257 Å². The van der Waals surface area contributed by atoms with Gasteiger partial charge in [0, 0.05) is 11.5 Å². The Hall–Kier alpha value is -11.1. The Morgan fingerprint density at radius 3 is 1.27 bits per heavy atom. The van der Waals surface area contributed by atoms with E-state index in [1.165, 1.54) is 78.4 Å². The minimum Gasteiger partial charge on any atom is -0.497 e. The van der Waals surface area contributed by atoms with E-state index in [1.807, 2.05) is 18.2 Å². The van der Waals surface area contributed by atoms with Gasteiger partial charge in [-0.3, -0.25) is 4.79 Å². The van der Waals surface area contributed by atoms with Crippen LogP contribution in [0.5, 0.6) is 11.5 Å². The summed E-state index contributed by atoms with van der Waals surface area (Å²) in [5.41, 5.74) is 2.10. The van der Waals surface area contributed by atoms with Gasteiger partial charge in [0.25, 0.3) is 0 Å². The molecule has 4 aliphatic carbocycles. The van der Waals surface area contributed by atoms with Crippen LogP contribution in [0.3, 0.4) is 0 Å². The van der Waals surface area contributed by atoms with Crippen LogP contribution in [-0.2, 0) is 56.9 Å². The Bertz CT molecular complexity index is 4640. The maximum atomic E-state index is 15.0. The van der Waals surface area contributed by atoms with Crippen molar-refractivity contribution in [3.05, 3.63) is 287 Å². The first-order chi connectivity index (χ1) is 53.9. The molecule has 0 amide bonds. The molecule has 0 spiro atoms. The molecule has 6 aliphatic rings. The fourth-order valence-electron chi connectivity index (χ4n) is 17.8. The summed E-state index contributed by atoms with van der Waals surface area (Å²) in [6.07, 6.45) is -11.1. The van der Waals surface area contributed by atoms with Crippen LogP contribution < -0.4 is 9.47 Å². The van der Waals surface area contributed by atoms with E-state index in [-0.39, 0.29) is 85.1 Å². The highest BCUT2D eigenvalue weighted by Gasteiger charge is 2.64. The van der Waals surface area contributed by atoms with Crippen LogP contribution in [0.2, 0.25) is 0 Å². The number of rotatable bonds is 24. The average molecular weight is 1510 g/mol. The Morgan fingerprint density at radius 1 is 0.432 bits per heavy atom. The van der Waals surface area contributed by atoms with E-state index < -0.39 is 123 Å². The highest BCUT2D eigenvalue weighted by molar-refractivity contribution is 5.93. The fraction of sp³-hybridized carbons (Fsp3) is 0.356. The summed E-state index contributed by atoms with van der Waals surface area (Å²) in [6, 6.07) is 61.8. The smallest absolute Gasteiger partial charge is 0.338 e. The van der Waals surface area contributed by atoms with Gasteiger partial charge < -0.3 is 61.6 Å². The number of hydrogen-bond donors (Lipinski definition) is 0. The number of benzene rings is 8. The molecule has 5 fully saturated rings. The van der Waals surface area contributed by atoms with Crippen molar-refractivity contribution in [2.75, 3.05) is 27.4 Å². The SMILES string of the molecule is COc1ccc(OC)c([C@@H]2C[C@H]3[C@@H]4CC=C5C[C@@H](O[C@@H]6O[C@H](CO[C@H]7O[C@H](COC(=O)c8ccccc8)[C@@H](OC(=O)c8ccccc8)[C@H](OC(=O)c8ccccc8)[C@H]7OC(=O)c7ccccc7)[C@@H](OC(=O)c7ccccc7)[C@H](OC(=O)c7ccccc7)[C@H]6OC(=O)c6ccccc6)CC[C@]5(C)[C@H]4CC[C@]3(C)[C@H]2C(C)=O)c1. The quantitative estimate of drug-likeness (QED) is 0.0309. The zero-order chi connectivity index (χ0) is 77.3. The lowest BCUT2D eigenvalue weighted by Gasteiger charge is -2.58. The number of allylic oxidation sites excluding steroid dienone is 1. The van der Waals surface area contributed by atoms with Crippen molar-refractivity contribution in [2.45, 2.75) is 139 Å². The van der Waals surface area contributed by atoms with E-state index in [0.717, 1.165) is 37.0 Å². The number of ketones is 1. The highest BCUT2D eigenvalue weighted by Crippen LogP contribution is 2.69. The second kappa shape index (κ2) is 34.0. The molecular weight excluding hydrogens is 1420 g/mol. The van der Waals surface area contributed by atoms with E-state index >= 15 is 4.79 Å². The molecule has 111 heavy (non-hydrogen) atoms. The zero-order valence-electron chi connectivity index (χ0n) is 62.2. The summed E-state index contributed by atoms with van der Waals surface area (Å²) >= 11 is 0. The molecule has 0 N–H and O–H groups in total. The minimum absolute atomic E-state index is 0.0361. The summed E-state index contributed by atoms with van der Waals surface area (Å²) < 4.78 is 84.9. The van der Waals surface area contributed by atoms with Gasteiger partial charge in [-0.05, 0) is 189 Å². The number of carbonyl (C=O) groups excluding carboxylic acids is 8. The predicted molar refractivity (Wildman–Crippen MR) is 402 cm³/mol. The zero-order valence-corrected chi connectivity index (χ0v) is 62.2. The number of esters is 7. The molecule has 0 radical (unpaired) electrons. The molecule has 18 atom stereocenters. The summed E-state index contributed by atoms with van der Waals surface area (Å²) in [6.45, 7) is 4.92. The largest absolute Gasteiger partial charge is 0.497 e. The standard InChI is InChI=1S/C90H88O21/c1-54(91)73-67(66-50-63(99-4)42-44-70(66)100-5)51-69-65-43-41-62-49-64(45-47-89(62,2)68(65)46-48-90(69,73)3)103-88-79(111-86(98)61-39-25-12-26-40-61)77(109-84(96)59-35-21-10-22-36-59)75(107-82(94)57-31-17-8-18-32-57)72(105-88)53-102-87-78(110-85(97)60-37-23-11-24-38-60)76(108-83(95)58-33-19-9-20-34-58)74(106-81(93)56-29-15-7-16-30-56)71(104-87)52-101-80(92)55-27-13-6-14-28-55/h6-42,44,50,64-65,67-69,71-79,87-88H,43,45-49,51-53H2,1-5H3/t64-,65+,67-,68-,69-,71+,72+,73-,74+,75+,76-,77-,78+,79+,87-,88+,89-,90-/m0/s1. The molecule has 14 rings (SSSR count). The molecule has 8 aromatic rings. The fourth-order valence-corrected chi connectivity index (χ4v) is 17.8. The first kappa shape index (κ1) is 76.7. The third-order valence-electron chi connectivity index (χ3n) is 23.2. The number of hydrogen-bond acceptors (Lipinski definition) is 21. The van der Waals surface area contributed by atoms with Gasteiger partial charge in [0.1, 0.15) is 36.1 Å². The Balaban J connectivity index is 0.848. The van der Waals surface area contributed by atoms with Gasteiger partial charge in [-0.2, -0.15) is 0 Å². The van der Waals surface area contributed by atoms with Crippen molar-refractivity contribution < 1.29 is 99.9 Å². The lowest BCUT2D eigenvalue weighted by atomic mass is 9.47. The maximum absolute atomic E-state index is 15.0. The molecule has 21 nitrogen and oxygen atoms in total. The van der Waals surface area contributed by atoms with Crippen LogP contribution in [0.1, 0.15) is 150 Å². The van der Waals surface area contributed by atoms with Crippen molar-refractivity contribution >= 4 is 47.6 Å². The Labute approximate surface area is 643 Å². The van der Waals surface area contributed by atoms with Gasteiger partial charge in [0.15, 0.2) is 49.2 Å². The molecule has 574 valence electrons. The highest BCUT2D eigenvalue weighted by atomic mass is 16.8. The van der Waals surface area contributed by atoms with Crippen LogP contribution in [0, 0.1) is 34.5 Å². The Kier molecular flexibility index (Phi) is 23.5. The van der Waals surface area contributed by atoms with Crippen molar-refractivity contribution in [2.24, 2.45) is 34.5 Å². The predicted octanol–water partition coefficient (Wildman–Crippen LogP) is 14.6. The molecule has 0 aromatic heterocycles. The van der Waals surface area contributed by atoms with Crippen LogP contribution in [-0.4, -0.2) is 143 Å². The van der Waals surface area contributed by atoms with E-state index in [0.29, 0.717) is 25.0 Å². The minimum atomic E-state index is -1.92. The maximum Gasteiger partial charge on any atom is 0.338 e. The number of Topliss-reactive ketones (excluding diaryl/α,β-unsaturated/α-hetero) is 1. The second-order valence-electron chi connectivity index (χ2n) is 29.6. The molecule has 0 bridgehead atoms. The molecule has 2 saturated heterocycles. The van der Waals surface area contributed by atoms with Gasteiger partial charge in [0.2, 0.25) is 0 Å². The van der Waals surface area contributed by atoms with Gasteiger partial charge in [0.05, 0.1) is 65.9 Å². The molecule has 21 heteroatoms. The van der Waals surface area contributed by atoms with Crippen molar-refractivity contribution in [3.63, 3.8) is 0 Å². The van der Waals surface area contributed by atoms with Gasteiger partial charge in [-0.1, -0.05) is 153 Å². The first-order valence-electron chi connectivity index (χ1n) is 37.7. The average Bonchev–Trinajstić information content (AvgIpc) is 1.71. The number of methoxy groups -OCH3 is 2. The second-order valence-corrected chi connectivity index (χ2v) is 29.6. The Morgan fingerprint density at radius 2 is 0.838 bits per heavy atom. The van der Waals surface area contributed by atoms with Gasteiger partial charge >= 0.3 is 41.8 Å². The number of fused-ring (bicyclic) bond motifs is 5. The van der Waals surface area contributed by atoms with E-state index in [1.54, 1.807) is 161 Å². The molecular formula is C90H88O21. The summed E-state index contributed by atoms with van der Waals surface area (Å²) in [7, 11) is 3.30.